The largest absolute Gasteiger partial charge is 0.361 e. The van der Waals surface area contributed by atoms with Crippen molar-refractivity contribution in [3.05, 3.63) is 23.8 Å². The van der Waals surface area contributed by atoms with Crippen LogP contribution < -0.4 is 4.90 Å². The van der Waals surface area contributed by atoms with Crippen molar-refractivity contribution in [2.45, 2.75) is 43.4 Å². The van der Waals surface area contributed by atoms with E-state index in [1.807, 2.05) is 11.9 Å². The quantitative estimate of drug-likeness (QED) is 0.447. The number of nitrogens with zero attached hydrogens (tertiary/aromatic N) is 3. The molecule has 2 heterocycles. The van der Waals surface area contributed by atoms with E-state index >= 15 is 0 Å². The van der Waals surface area contributed by atoms with E-state index in [-0.39, 0.29) is 36.1 Å². The predicted molar refractivity (Wildman–Crippen MR) is 121 cm³/mol. The van der Waals surface area contributed by atoms with E-state index in [1.165, 1.54) is 10.5 Å². The van der Waals surface area contributed by atoms with Gasteiger partial charge in [-0.25, -0.2) is 0 Å². The summed E-state index contributed by atoms with van der Waals surface area (Å²) in [5.41, 5.74) is 2.30. The van der Waals surface area contributed by atoms with Crippen LogP contribution in [-0.4, -0.2) is 65.4 Å². The zero-order chi connectivity index (χ0) is 20.5. The van der Waals surface area contributed by atoms with Gasteiger partial charge in [0.25, 0.3) is 0 Å². The highest BCUT2D eigenvalue weighted by molar-refractivity contribution is 7.85. The topological polar surface area (TPSA) is 60.9 Å². The fourth-order valence-corrected chi connectivity index (χ4v) is 6.26. The smallest absolute Gasteiger partial charge is 0.233 e. The zero-order valence-electron chi connectivity index (χ0n) is 17.8. The summed E-state index contributed by atoms with van der Waals surface area (Å²) in [5, 5.41) is 0. The van der Waals surface area contributed by atoms with Gasteiger partial charge in [0.1, 0.15) is 0 Å². The Bertz CT molecular complexity index is 812. The van der Waals surface area contributed by atoms with Crippen LogP contribution in [0, 0.1) is 11.8 Å². The molecule has 0 radical (unpaired) electrons. The maximum absolute atomic E-state index is 12.4. The highest BCUT2D eigenvalue weighted by Crippen LogP contribution is 2.39. The van der Waals surface area contributed by atoms with Crippen molar-refractivity contribution in [1.29, 1.82) is 0 Å². The fraction of sp³-hybridized carbons (Fsp3) is 0.636. The van der Waals surface area contributed by atoms with Gasteiger partial charge in [-0.15, -0.1) is 12.4 Å². The molecule has 0 aromatic heterocycles. The Morgan fingerprint density at radius 3 is 2.50 bits per heavy atom. The molecule has 30 heavy (non-hydrogen) atoms. The molecule has 4 rings (SSSR count). The number of imide groups is 1. The summed E-state index contributed by atoms with van der Waals surface area (Å²) in [4.78, 5) is 31.6. The van der Waals surface area contributed by atoms with Crippen molar-refractivity contribution >= 4 is 40.7 Å². The van der Waals surface area contributed by atoms with Crippen molar-refractivity contribution in [3.8, 4) is 0 Å². The molecule has 0 bridgehead atoms. The summed E-state index contributed by atoms with van der Waals surface area (Å²) < 4.78 is 12.2. The van der Waals surface area contributed by atoms with Crippen LogP contribution in [0.3, 0.4) is 0 Å². The number of hydrogen-bond donors (Lipinski definition) is 0. The minimum absolute atomic E-state index is 0. The molecule has 2 aliphatic heterocycles. The molecule has 1 saturated heterocycles. The van der Waals surface area contributed by atoms with Gasteiger partial charge in [0.2, 0.25) is 11.8 Å². The molecule has 3 aliphatic rings. The lowest BCUT2D eigenvalue weighted by Crippen LogP contribution is -2.33. The van der Waals surface area contributed by atoms with Crippen molar-refractivity contribution in [1.82, 2.24) is 9.80 Å². The molecule has 2 fully saturated rings. The second kappa shape index (κ2) is 9.79. The van der Waals surface area contributed by atoms with E-state index in [4.69, 9.17) is 0 Å². The van der Waals surface area contributed by atoms with Gasteiger partial charge in [-0.1, -0.05) is 12.5 Å². The summed E-state index contributed by atoms with van der Waals surface area (Å²) in [6, 6.07) is 6.30. The molecule has 166 valence electrons. The number of hydrogen-bond acceptors (Lipinski definition) is 5. The molecular formula is C22H32ClN3O3S. The lowest BCUT2D eigenvalue weighted by molar-refractivity contribution is -0.140. The number of benzene rings is 1. The van der Waals surface area contributed by atoms with Gasteiger partial charge in [-0.05, 0) is 63.4 Å². The molecule has 0 N–H and O–H groups in total. The number of anilines is 1. The van der Waals surface area contributed by atoms with Crippen LogP contribution in [0.4, 0.5) is 5.69 Å². The lowest BCUT2D eigenvalue weighted by Gasteiger charge is -2.19. The molecular weight excluding hydrogens is 422 g/mol. The molecule has 1 saturated carbocycles. The maximum Gasteiger partial charge on any atom is 0.233 e. The first-order chi connectivity index (χ1) is 14.0. The lowest BCUT2D eigenvalue weighted by atomic mass is 10.00. The Labute approximate surface area is 187 Å². The van der Waals surface area contributed by atoms with Gasteiger partial charge >= 0.3 is 0 Å². The SMILES string of the molecule is CN(CCCCN1C(=O)C2CCCC2C1=O)CCc1ccc2c(c1)S(=O)CN2C.Cl. The summed E-state index contributed by atoms with van der Waals surface area (Å²) in [7, 11) is 3.17. The number of fused-ring (bicyclic) bond motifs is 2. The zero-order valence-corrected chi connectivity index (χ0v) is 19.5. The van der Waals surface area contributed by atoms with Crippen molar-refractivity contribution in [2.75, 3.05) is 44.5 Å². The summed E-state index contributed by atoms with van der Waals surface area (Å²) in [6.45, 7) is 2.46. The van der Waals surface area contributed by atoms with E-state index in [2.05, 4.69) is 30.1 Å². The van der Waals surface area contributed by atoms with Gasteiger partial charge in [0.05, 0.1) is 39.1 Å². The van der Waals surface area contributed by atoms with E-state index in [0.29, 0.717) is 12.4 Å². The summed E-state index contributed by atoms with van der Waals surface area (Å²) >= 11 is 0. The molecule has 1 aromatic carbocycles. The first-order valence-electron chi connectivity index (χ1n) is 10.7. The average Bonchev–Trinajstić information content (AvgIpc) is 3.36. The van der Waals surface area contributed by atoms with Crippen LogP contribution in [0.5, 0.6) is 0 Å². The third-order valence-electron chi connectivity index (χ3n) is 6.63. The van der Waals surface area contributed by atoms with E-state index in [0.717, 1.165) is 62.2 Å². The van der Waals surface area contributed by atoms with Crippen LogP contribution in [0.2, 0.25) is 0 Å². The normalized spacial score (nSPS) is 25.1. The maximum atomic E-state index is 12.4. The number of likely N-dealkylation sites (tertiary alicyclic amines) is 1. The average molecular weight is 454 g/mol. The van der Waals surface area contributed by atoms with E-state index < -0.39 is 10.8 Å². The standard InChI is InChI=1S/C22H31N3O3S.ClH/c1-23(13-10-16-8-9-19-20(14-16)29(28)15-24(19)2)11-3-4-12-25-21(26)17-6-5-7-18(17)22(25)27;/h8-9,14,17-18H,3-7,10-13,15H2,1-2H3;1H. The first kappa shape index (κ1) is 23.2. The number of carbonyl (C=O) groups is 2. The molecule has 1 aromatic rings. The Hall–Kier alpha value is -1.44. The van der Waals surface area contributed by atoms with Gasteiger partial charge < -0.3 is 9.80 Å². The van der Waals surface area contributed by atoms with Crippen LogP contribution >= 0.6 is 12.4 Å². The molecule has 0 spiro atoms. The fourth-order valence-electron chi connectivity index (χ4n) is 4.89. The number of rotatable bonds is 8. The van der Waals surface area contributed by atoms with Crippen LogP contribution in [-0.2, 0) is 26.8 Å². The van der Waals surface area contributed by atoms with Gasteiger partial charge in [0.15, 0.2) is 0 Å². The number of likely N-dealkylation sites (N-methyl/N-ethyl adjacent to an activating group) is 1. The van der Waals surface area contributed by atoms with Crippen LogP contribution in [0.15, 0.2) is 23.1 Å². The number of carbonyl (C=O) groups excluding carboxylic acids is 2. The monoisotopic (exact) mass is 453 g/mol. The highest BCUT2D eigenvalue weighted by Gasteiger charge is 2.49. The molecule has 3 unspecified atom stereocenters. The van der Waals surface area contributed by atoms with Crippen molar-refractivity contribution in [2.24, 2.45) is 11.8 Å². The molecule has 3 atom stereocenters. The second-order valence-corrected chi connectivity index (χ2v) is 10.1. The first-order valence-corrected chi connectivity index (χ1v) is 12.0. The van der Waals surface area contributed by atoms with Crippen LogP contribution in [0.25, 0.3) is 0 Å². The third kappa shape index (κ3) is 4.58. The van der Waals surface area contributed by atoms with Crippen molar-refractivity contribution in [3.63, 3.8) is 0 Å². The summed E-state index contributed by atoms with van der Waals surface area (Å²) in [5.74, 6) is 0.691. The molecule has 8 heteroatoms. The van der Waals surface area contributed by atoms with Gasteiger partial charge in [-0.2, -0.15) is 0 Å². The number of halogens is 1. The van der Waals surface area contributed by atoms with E-state index in [9.17, 15) is 13.8 Å². The number of amides is 2. The third-order valence-corrected chi connectivity index (χ3v) is 8.07. The van der Waals surface area contributed by atoms with E-state index in [1.54, 1.807) is 0 Å². The minimum Gasteiger partial charge on any atom is -0.361 e. The Balaban J connectivity index is 0.00000256. The Kier molecular flexibility index (Phi) is 7.58. The second-order valence-electron chi connectivity index (χ2n) is 8.71. The van der Waals surface area contributed by atoms with Crippen molar-refractivity contribution < 1.29 is 13.8 Å². The summed E-state index contributed by atoms with van der Waals surface area (Å²) in [6.07, 6.45) is 5.56. The van der Waals surface area contributed by atoms with Gasteiger partial charge in [0, 0.05) is 20.1 Å². The number of unbranched alkanes of at least 4 members (excludes halogenated alkanes) is 1. The van der Waals surface area contributed by atoms with Gasteiger partial charge in [-0.3, -0.25) is 18.7 Å². The van der Waals surface area contributed by atoms with Crippen LogP contribution in [0.1, 0.15) is 37.7 Å². The predicted octanol–water partition coefficient (Wildman–Crippen LogP) is 2.66. The molecule has 2 amide bonds. The Morgan fingerprint density at radius 1 is 1.10 bits per heavy atom. The highest BCUT2D eigenvalue weighted by atomic mass is 35.5. The molecule has 6 nitrogen and oxygen atoms in total. The Morgan fingerprint density at radius 2 is 1.80 bits per heavy atom. The molecule has 1 aliphatic carbocycles. The minimum atomic E-state index is -0.915.